The molecule has 158 valence electrons. The summed E-state index contributed by atoms with van der Waals surface area (Å²) < 4.78 is 7.13. The Morgan fingerprint density at radius 1 is 0.968 bits per heavy atom. The summed E-state index contributed by atoms with van der Waals surface area (Å²) in [6.45, 7) is 5.44. The lowest BCUT2D eigenvalue weighted by Gasteiger charge is -2.46. The van der Waals surface area contributed by atoms with E-state index in [4.69, 9.17) is 16.3 Å². The summed E-state index contributed by atoms with van der Waals surface area (Å²) in [7, 11) is 0. The molecule has 2 aliphatic rings. The van der Waals surface area contributed by atoms with Gasteiger partial charge in [-0.05, 0) is 46.1 Å². The number of halogens is 2. The molecule has 0 radical (unpaired) electrons. The first-order valence-corrected chi connectivity index (χ1v) is 11.7. The molecule has 2 heterocycles. The van der Waals surface area contributed by atoms with Gasteiger partial charge < -0.3 is 9.64 Å². The monoisotopic (exact) mass is 494 g/mol. The largest absolute Gasteiger partial charge is 0.487 e. The van der Waals surface area contributed by atoms with Crippen LogP contribution in [0, 0.1) is 0 Å². The lowest BCUT2D eigenvalue weighted by molar-refractivity contribution is 0.110. The number of benzene rings is 3. The smallest absolute Gasteiger partial charge is 0.143 e. The highest BCUT2D eigenvalue weighted by atomic mass is 79.9. The highest BCUT2D eigenvalue weighted by Crippen LogP contribution is 2.45. The number of nitrogens with zero attached hydrogens (tertiary/aromatic N) is 2. The highest BCUT2D eigenvalue weighted by Gasteiger charge is 2.36. The zero-order chi connectivity index (χ0) is 21.4. The summed E-state index contributed by atoms with van der Waals surface area (Å²) in [4.78, 5) is 4.99. The molecule has 5 rings (SSSR count). The van der Waals surface area contributed by atoms with Crippen LogP contribution in [0.3, 0.4) is 0 Å². The van der Waals surface area contributed by atoms with Gasteiger partial charge in [0.15, 0.2) is 0 Å². The van der Waals surface area contributed by atoms with E-state index in [-0.39, 0.29) is 6.04 Å². The van der Waals surface area contributed by atoms with Crippen LogP contribution in [0.4, 0.5) is 0 Å². The van der Waals surface area contributed by atoms with Gasteiger partial charge in [0.05, 0.1) is 16.8 Å². The quantitative estimate of drug-likeness (QED) is 0.407. The van der Waals surface area contributed by atoms with E-state index < -0.39 is 0 Å². The zero-order valence-corrected chi connectivity index (χ0v) is 19.7. The lowest BCUT2D eigenvalue weighted by Crippen LogP contribution is -2.49. The van der Waals surface area contributed by atoms with Gasteiger partial charge in [0.25, 0.3) is 0 Å². The highest BCUT2D eigenvalue weighted by molar-refractivity contribution is 9.10. The molecule has 0 spiro atoms. The number of ether oxygens (including phenoxy) is 1. The molecule has 1 unspecified atom stereocenters. The molecule has 0 fully saturated rings. The molecule has 5 heteroatoms. The van der Waals surface area contributed by atoms with Crippen LogP contribution < -0.4 is 4.74 Å². The second kappa shape index (κ2) is 8.70. The van der Waals surface area contributed by atoms with Crippen molar-refractivity contribution in [3.05, 3.63) is 105 Å². The average molecular weight is 496 g/mol. The van der Waals surface area contributed by atoms with Gasteiger partial charge in [0.1, 0.15) is 12.4 Å². The Bertz CT molecular complexity index is 1120. The summed E-state index contributed by atoms with van der Waals surface area (Å²) in [5.41, 5.74) is 6.24. The molecule has 0 bridgehead atoms. The van der Waals surface area contributed by atoms with E-state index in [1.807, 2.05) is 12.1 Å². The molecule has 0 aliphatic carbocycles. The van der Waals surface area contributed by atoms with Crippen molar-refractivity contribution >= 4 is 33.2 Å². The summed E-state index contributed by atoms with van der Waals surface area (Å²) >= 11 is 10.1. The van der Waals surface area contributed by atoms with Crippen molar-refractivity contribution < 1.29 is 4.74 Å². The van der Waals surface area contributed by atoms with Crippen LogP contribution in [0.2, 0.25) is 5.02 Å². The van der Waals surface area contributed by atoms with Gasteiger partial charge in [-0.25, -0.2) is 0 Å². The van der Waals surface area contributed by atoms with Gasteiger partial charge in [-0.2, -0.15) is 0 Å². The first-order chi connectivity index (χ1) is 15.1. The number of hydrogen-bond donors (Lipinski definition) is 0. The van der Waals surface area contributed by atoms with E-state index in [1.165, 1.54) is 22.4 Å². The summed E-state index contributed by atoms with van der Waals surface area (Å²) in [5, 5.41) is 0.710. The van der Waals surface area contributed by atoms with Crippen molar-refractivity contribution in [2.24, 2.45) is 0 Å². The van der Waals surface area contributed by atoms with E-state index in [0.29, 0.717) is 11.6 Å². The predicted octanol–water partition coefficient (Wildman–Crippen LogP) is 6.57. The second-order valence-electron chi connectivity index (χ2n) is 8.16. The van der Waals surface area contributed by atoms with Crippen LogP contribution in [-0.4, -0.2) is 29.1 Å². The minimum atomic E-state index is 0.271. The van der Waals surface area contributed by atoms with Gasteiger partial charge in [-0.3, -0.25) is 4.90 Å². The summed E-state index contributed by atoms with van der Waals surface area (Å²) in [6, 6.07) is 25.5. The maximum Gasteiger partial charge on any atom is 0.143 e. The third-order valence-corrected chi connectivity index (χ3v) is 6.91. The number of rotatable bonds is 4. The standard InChI is InChI=1S/C26H24BrClN2O/c1-18-23-16-31-26-22(12-21(28)13-24(26)27)25(23)30(15-20-10-6-3-7-11-20)17-29(18)14-19-8-4-2-5-9-19/h2-13,18H,14-17H2,1H3. The average Bonchev–Trinajstić information content (AvgIpc) is 2.77. The van der Waals surface area contributed by atoms with Crippen molar-refractivity contribution in [2.75, 3.05) is 13.3 Å². The SMILES string of the molecule is CC1C2=C(c3cc(Cl)cc(Br)c3OC2)N(Cc2ccccc2)CN1Cc1ccccc1. The Kier molecular flexibility index (Phi) is 5.79. The predicted molar refractivity (Wildman–Crippen MR) is 130 cm³/mol. The molecular formula is C26H24BrClN2O. The van der Waals surface area contributed by atoms with Crippen LogP contribution in [-0.2, 0) is 13.1 Å². The minimum absolute atomic E-state index is 0.271. The first-order valence-electron chi connectivity index (χ1n) is 10.5. The van der Waals surface area contributed by atoms with E-state index in [1.54, 1.807) is 0 Å². The van der Waals surface area contributed by atoms with E-state index in [2.05, 4.69) is 93.3 Å². The van der Waals surface area contributed by atoms with Gasteiger partial charge in [-0.15, -0.1) is 0 Å². The van der Waals surface area contributed by atoms with E-state index in [9.17, 15) is 0 Å². The topological polar surface area (TPSA) is 15.7 Å². The molecule has 0 N–H and O–H groups in total. The molecule has 0 amide bonds. The molecular weight excluding hydrogens is 472 g/mol. The van der Waals surface area contributed by atoms with Crippen molar-refractivity contribution in [1.82, 2.24) is 9.80 Å². The number of hydrogen-bond acceptors (Lipinski definition) is 3. The Hall–Kier alpha value is -2.27. The fourth-order valence-electron chi connectivity index (χ4n) is 4.54. The Morgan fingerprint density at radius 3 is 2.29 bits per heavy atom. The van der Waals surface area contributed by atoms with Crippen molar-refractivity contribution in [3.63, 3.8) is 0 Å². The van der Waals surface area contributed by atoms with Crippen LogP contribution in [0.5, 0.6) is 5.75 Å². The molecule has 31 heavy (non-hydrogen) atoms. The summed E-state index contributed by atoms with van der Waals surface area (Å²) in [6.07, 6.45) is 0. The van der Waals surface area contributed by atoms with Gasteiger partial charge in [-0.1, -0.05) is 72.3 Å². The van der Waals surface area contributed by atoms with Crippen LogP contribution in [0.1, 0.15) is 23.6 Å². The van der Waals surface area contributed by atoms with Crippen molar-refractivity contribution in [3.8, 4) is 5.75 Å². The third-order valence-electron chi connectivity index (χ3n) is 6.11. The normalized spacial score (nSPS) is 18.4. The first kappa shape index (κ1) is 20.6. The molecule has 3 nitrogen and oxygen atoms in total. The molecule has 0 saturated carbocycles. The fourth-order valence-corrected chi connectivity index (χ4v) is 5.46. The minimum Gasteiger partial charge on any atom is -0.487 e. The molecule has 0 saturated heterocycles. The molecule has 3 aromatic rings. The fraction of sp³-hybridized carbons (Fsp3) is 0.231. The van der Waals surface area contributed by atoms with Crippen LogP contribution in [0.25, 0.3) is 5.70 Å². The lowest BCUT2D eigenvalue weighted by atomic mass is 9.94. The second-order valence-corrected chi connectivity index (χ2v) is 9.45. The maximum absolute atomic E-state index is 6.46. The van der Waals surface area contributed by atoms with Crippen molar-refractivity contribution in [1.29, 1.82) is 0 Å². The number of fused-ring (bicyclic) bond motifs is 2. The van der Waals surface area contributed by atoms with Crippen LogP contribution >= 0.6 is 27.5 Å². The Balaban J connectivity index is 1.58. The third kappa shape index (κ3) is 4.12. The van der Waals surface area contributed by atoms with Gasteiger partial charge >= 0.3 is 0 Å². The summed E-state index contributed by atoms with van der Waals surface area (Å²) in [5.74, 6) is 0.880. The zero-order valence-electron chi connectivity index (χ0n) is 17.4. The van der Waals surface area contributed by atoms with E-state index >= 15 is 0 Å². The van der Waals surface area contributed by atoms with Gasteiger partial charge in [0, 0.05) is 35.3 Å². The molecule has 1 atom stereocenters. The molecule has 0 aromatic heterocycles. The van der Waals surface area contributed by atoms with Gasteiger partial charge in [0.2, 0.25) is 0 Å². The Labute approximate surface area is 197 Å². The molecule has 3 aromatic carbocycles. The van der Waals surface area contributed by atoms with E-state index in [0.717, 1.165) is 35.5 Å². The molecule has 2 aliphatic heterocycles. The van der Waals surface area contributed by atoms with Crippen molar-refractivity contribution in [2.45, 2.75) is 26.1 Å². The van der Waals surface area contributed by atoms with Crippen LogP contribution in [0.15, 0.2) is 82.8 Å². The Morgan fingerprint density at radius 2 is 1.61 bits per heavy atom. The maximum atomic E-state index is 6.46.